The van der Waals surface area contributed by atoms with E-state index in [1.54, 1.807) is 0 Å². The van der Waals surface area contributed by atoms with E-state index >= 15 is 0 Å². The average Bonchev–Trinajstić information content (AvgIpc) is 2.52. The standard InChI is InChI=1S/C10H17N3O2/c1-8-6-9(13(2)12-8)7-11-5-4-10(14)15-3/h6,11H,4-5,7H2,1-3H3. The second-order valence-corrected chi connectivity index (χ2v) is 3.40. The minimum atomic E-state index is -0.191. The van der Waals surface area contributed by atoms with Gasteiger partial charge in [-0.2, -0.15) is 5.10 Å². The first-order valence-corrected chi connectivity index (χ1v) is 4.90. The molecule has 84 valence electrons. The lowest BCUT2D eigenvalue weighted by Gasteiger charge is -2.03. The third kappa shape index (κ3) is 3.71. The van der Waals surface area contributed by atoms with Gasteiger partial charge in [0.05, 0.1) is 24.9 Å². The zero-order valence-corrected chi connectivity index (χ0v) is 9.41. The molecule has 5 heteroatoms. The number of carbonyl (C=O) groups is 1. The van der Waals surface area contributed by atoms with E-state index in [9.17, 15) is 4.79 Å². The Bertz CT molecular complexity index is 333. The third-order valence-corrected chi connectivity index (χ3v) is 2.14. The Labute approximate surface area is 89.4 Å². The molecule has 1 heterocycles. The summed E-state index contributed by atoms with van der Waals surface area (Å²) >= 11 is 0. The lowest BCUT2D eigenvalue weighted by molar-refractivity contribution is -0.140. The van der Waals surface area contributed by atoms with E-state index < -0.39 is 0 Å². The van der Waals surface area contributed by atoms with Gasteiger partial charge >= 0.3 is 5.97 Å². The van der Waals surface area contributed by atoms with Crippen molar-refractivity contribution in [3.05, 3.63) is 17.5 Å². The maximum absolute atomic E-state index is 10.8. The highest BCUT2D eigenvalue weighted by atomic mass is 16.5. The summed E-state index contributed by atoms with van der Waals surface area (Å²) in [6.45, 7) is 3.29. The highest BCUT2D eigenvalue weighted by molar-refractivity contribution is 5.69. The second kappa shape index (κ2) is 5.50. The van der Waals surface area contributed by atoms with Crippen molar-refractivity contribution < 1.29 is 9.53 Å². The Hall–Kier alpha value is -1.36. The number of nitrogens with zero attached hydrogens (tertiary/aromatic N) is 2. The SMILES string of the molecule is COC(=O)CCNCc1cc(C)nn1C. The van der Waals surface area contributed by atoms with Gasteiger partial charge in [0.2, 0.25) is 0 Å². The molecule has 0 aliphatic heterocycles. The Balaban J connectivity index is 2.26. The van der Waals surface area contributed by atoms with Gasteiger partial charge in [-0.25, -0.2) is 0 Å². The number of rotatable bonds is 5. The van der Waals surface area contributed by atoms with Crippen molar-refractivity contribution in [2.75, 3.05) is 13.7 Å². The molecule has 0 aliphatic rings. The summed E-state index contributed by atoms with van der Waals surface area (Å²) in [7, 11) is 3.30. The fourth-order valence-corrected chi connectivity index (χ4v) is 1.34. The number of methoxy groups -OCH3 is 1. The normalized spacial score (nSPS) is 10.3. The number of hydrogen-bond donors (Lipinski definition) is 1. The van der Waals surface area contributed by atoms with Gasteiger partial charge in [-0.05, 0) is 13.0 Å². The van der Waals surface area contributed by atoms with Crippen molar-refractivity contribution in [1.29, 1.82) is 0 Å². The van der Waals surface area contributed by atoms with E-state index in [1.165, 1.54) is 7.11 Å². The second-order valence-electron chi connectivity index (χ2n) is 3.40. The van der Waals surface area contributed by atoms with Crippen LogP contribution >= 0.6 is 0 Å². The van der Waals surface area contributed by atoms with Crippen LogP contribution in [-0.4, -0.2) is 29.4 Å². The van der Waals surface area contributed by atoms with Gasteiger partial charge in [-0.15, -0.1) is 0 Å². The molecule has 0 saturated heterocycles. The fourth-order valence-electron chi connectivity index (χ4n) is 1.34. The summed E-state index contributed by atoms with van der Waals surface area (Å²) in [5.41, 5.74) is 2.11. The van der Waals surface area contributed by atoms with Gasteiger partial charge < -0.3 is 10.1 Å². The first-order chi connectivity index (χ1) is 7.13. The molecule has 15 heavy (non-hydrogen) atoms. The minimum Gasteiger partial charge on any atom is -0.469 e. The predicted octanol–water partition coefficient (Wildman–Crippen LogP) is 0.381. The lowest BCUT2D eigenvalue weighted by atomic mass is 10.3. The van der Waals surface area contributed by atoms with Crippen LogP contribution in [0.25, 0.3) is 0 Å². The van der Waals surface area contributed by atoms with Crippen molar-refractivity contribution in [3.63, 3.8) is 0 Å². The smallest absolute Gasteiger partial charge is 0.306 e. The number of aryl methyl sites for hydroxylation is 2. The molecule has 0 unspecified atom stereocenters. The first kappa shape index (κ1) is 11.7. The Morgan fingerprint density at radius 1 is 1.67 bits per heavy atom. The molecule has 1 aromatic heterocycles. The van der Waals surface area contributed by atoms with Crippen LogP contribution in [0.1, 0.15) is 17.8 Å². The number of carbonyl (C=O) groups excluding carboxylic acids is 1. The zero-order valence-electron chi connectivity index (χ0n) is 9.41. The van der Waals surface area contributed by atoms with Crippen LogP contribution < -0.4 is 5.32 Å². The minimum absolute atomic E-state index is 0.191. The largest absolute Gasteiger partial charge is 0.469 e. The summed E-state index contributed by atoms with van der Waals surface area (Å²) in [4.78, 5) is 10.8. The molecule has 0 saturated carbocycles. The molecule has 0 atom stereocenters. The molecule has 0 radical (unpaired) electrons. The molecule has 1 rings (SSSR count). The van der Waals surface area contributed by atoms with Crippen molar-refractivity contribution in [1.82, 2.24) is 15.1 Å². The quantitative estimate of drug-likeness (QED) is 0.565. The summed E-state index contributed by atoms with van der Waals surface area (Å²) in [5, 5.41) is 7.39. The molecule has 0 spiro atoms. The van der Waals surface area contributed by atoms with Gasteiger partial charge in [0.15, 0.2) is 0 Å². The lowest BCUT2D eigenvalue weighted by Crippen LogP contribution is -2.19. The maximum Gasteiger partial charge on any atom is 0.306 e. The van der Waals surface area contributed by atoms with Crippen molar-refractivity contribution in [2.45, 2.75) is 19.9 Å². The number of hydrogen-bond acceptors (Lipinski definition) is 4. The van der Waals surface area contributed by atoms with Gasteiger partial charge in [0.25, 0.3) is 0 Å². The number of nitrogens with one attached hydrogen (secondary N) is 1. The van der Waals surface area contributed by atoms with E-state index in [-0.39, 0.29) is 5.97 Å². The molecule has 1 aromatic rings. The predicted molar refractivity (Wildman–Crippen MR) is 56.3 cm³/mol. The van der Waals surface area contributed by atoms with Crippen molar-refractivity contribution in [3.8, 4) is 0 Å². The van der Waals surface area contributed by atoms with Gasteiger partial charge in [-0.1, -0.05) is 0 Å². The fraction of sp³-hybridized carbons (Fsp3) is 0.600. The number of ether oxygens (including phenoxy) is 1. The van der Waals surface area contributed by atoms with Crippen LogP contribution in [0.4, 0.5) is 0 Å². The first-order valence-electron chi connectivity index (χ1n) is 4.90. The summed E-state index contributed by atoms with van der Waals surface area (Å²) in [5.74, 6) is -0.191. The van der Waals surface area contributed by atoms with Crippen molar-refractivity contribution in [2.24, 2.45) is 7.05 Å². The van der Waals surface area contributed by atoms with E-state index in [1.807, 2.05) is 24.7 Å². The van der Waals surface area contributed by atoms with Crippen LogP contribution in [0.3, 0.4) is 0 Å². The van der Waals surface area contributed by atoms with E-state index in [0.717, 1.165) is 11.4 Å². The van der Waals surface area contributed by atoms with Crippen LogP contribution in [0.2, 0.25) is 0 Å². The Morgan fingerprint density at radius 3 is 2.93 bits per heavy atom. The Kier molecular flexibility index (Phi) is 4.30. The monoisotopic (exact) mass is 211 g/mol. The number of esters is 1. The third-order valence-electron chi connectivity index (χ3n) is 2.14. The summed E-state index contributed by atoms with van der Waals surface area (Å²) in [6.07, 6.45) is 0.396. The van der Waals surface area contributed by atoms with Gasteiger partial charge in [-0.3, -0.25) is 9.48 Å². The molecule has 0 amide bonds. The van der Waals surface area contributed by atoms with E-state index in [4.69, 9.17) is 0 Å². The molecule has 5 nitrogen and oxygen atoms in total. The average molecular weight is 211 g/mol. The molecule has 0 fully saturated rings. The highest BCUT2D eigenvalue weighted by Crippen LogP contribution is 2.00. The molecule has 0 aliphatic carbocycles. The van der Waals surface area contributed by atoms with Gasteiger partial charge in [0.1, 0.15) is 0 Å². The van der Waals surface area contributed by atoms with Crippen LogP contribution in [0.15, 0.2) is 6.07 Å². The molecule has 0 bridgehead atoms. The van der Waals surface area contributed by atoms with E-state index in [2.05, 4.69) is 15.2 Å². The molecule has 1 N–H and O–H groups in total. The molecular weight excluding hydrogens is 194 g/mol. The van der Waals surface area contributed by atoms with Crippen LogP contribution in [0, 0.1) is 6.92 Å². The summed E-state index contributed by atoms with van der Waals surface area (Å²) in [6, 6.07) is 2.02. The number of aromatic nitrogens is 2. The van der Waals surface area contributed by atoms with Crippen LogP contribution in [-0.2, 0) is 23.1 Å². The molecular formula is C10H17N3O2. The summed E-state index contributed by atoms with van der Waals surface area (Å²) < 4.78 is 6.37. The van der Waals surface area contributed by atoms with Crippen molar-refractivity contribution >= 4 is 5.97 Å². The Morgan fingerprint density at radius 2 is 2.40 bits per heavy atom. The highest BCUT2D eigenvalue weighted by Gasteiger charge is 2.02. The van der Waals surface area contributed by atoms with E-state index in [0.29, 0.717) is 19.5 Å². The van der Waals surface area contributed by atoms with Crippen LogP contribution in [0.5, 0.6) is 0 Å². The molecule has 0 aromatic carbocycles. The van der Waals surface area contributed by atoms with Gasteiger partial charge in [0, 0.05) is 20.1 Å². The maximum atomic E-state index is 10.8. The zero-order chi connectivity index (χ0) is 11.3. The topological polar surface area (TPSA) is 56.1 Å².